The molecule has 2 aliphatic carbocycles. The quantitative estimate of drug-likeness (QED) is 0.335. The molecule has 1 fully saturated rings. The van der Waals surface area contributed by atoms with Crippen molar-refractivity contribution in [1.82, 2.24) is 10.3 Å². The zero-order valence-electron chi connectivity index (χ0n) is 26.1. The van der Waals surface area contributed by atoms with Crippen LogP contribution in [0.25, 0.3) is 17.3 Å². The minimum Gasteiger partial charge on any atom is -0.319 e. The summed E-state index contributed by atoms with van der Waals surface area (Å²) in [7, 11) is 2.09. The molecule has 210 valence electrons. The van der Waals surface area contributed by atoms with Crippen LogP contribution in [0.5, 0.6) is 0 Å². The third kappa shape index (κ3) is 8.53. The molecule has 0 bridgehead atoms. The molecule has 2 aromatic rings. The van der Waals surface area contributed by atoms with E-state index < -0.39 is 0 Å². The fourth-order valence-corrected chi connectivity index (χ4v) is 5.60. The van der Waals surface area contributed by atoms with E-state index in [1.807, 2.05) is 27.7 Å². The van der Waals surface area contributed by atoms with Gasteiger partial charge in [-0.1, -0.05) is 102 Å². The van der Waals surface area contributed by atoms with Crippen molar-refractivity contribution in [1.29, 1.82) is 0 Å². The van der Waals surface area contributed by atoms with E-state index in [4.69, 9.17) is 4.98 Å². The Bertz CT molecular complexity index is 1020. The number of aromatic nitrogens is 1. The van der Waals surface area contributed by atoms with E-state index >= 15 is 0 Å². The Morgan fingerprint density at radius 2 is 1.66 bits per heavy atom. The maximum absolute atomic E-state index is 5.15. The first kappa shape index (κ1) is 33.6. The number of aryl methyl sites for hydroxylation is 1. The highest BCUT2D eigenvalue weighted by Gasteiger charge is 2.33. The first-order valence-electron chi connectivity index (χ1n) is 14.9. The van der Waals surface area contributed by atoms with Crippen molar-refractivity contribution < 1.29 is 0 Å². The predicted molar refractivity (Wildman–Crippen MR) is 172 cm³/mol. The van der Waals surface area contributed by atoms with Gasteiger partial charge in [0.2, 0.25) is 0 Å². The molecule has 1 unspecified atom stereocenters. The number of benzene rings is 1. The highest BCUT2D eigenvalue weighted by Crippen LogP contribution is 2.44. The molecule has 0 saturated heterocycles. The molecule has 1 atom stereocenters. The van der Waals surface area contributed by atoms with E-state index in [-0.39, 0.29) is 5.41 Å². The lowest BCUT2D eigenvalue weighted by Gasteiger charge is -2.34. The molecule has 2 nitrogen and oxygen atoms in total. The summed E-state index contributed by atoms with van der Waals surface area (Å²) in [4.78, 5) is 5.15. The largest absolute Gasteiger partial charge is 0.319 e. The standard InChI is InChI=1S/C30H40N2.2C2H6.C2H4/c1-20(2)26-18-28(24-11-9-21(3)10-12-24)32-29-17-25(16-27(26)29)30(5,19-31-6)13-7-8-23-14-22(4)15-23;3*1-2/h9-12,17-18,20,23,31H,4,7-8,13-16,19H2,1-3,5-6H3;2*1-2H3;1-2H2. The fourth-order valence-electron chi connectivity index (χ4n) is 5.60. The highest BCUT2D eigenvalue weighted by molar-refractivity contribution is 5.70. The minimum atomic E-state index is 0.175. The molecule has 2 aliphatic rings. The van der Waals surface area contributed by atoms with Gasteiger partial charge in [-0.05, 0) is 81.2 Å². The second-order valence-electron chi connectivity index (χ2n) is 10.8. The van der Waals surface area contributed by atoms with Crippen LogP contribution in [0.2, 0.25) is 0 Å². The first-order chi connectivity index (χ1) is 18.3. The number of nitrogens with one attached hydrogen (secondary N) is 1. The number of allylic oxidation sites excluding steroid dienone is 1. The summed E-state index contributed by atoms with van der Waals surface area (Å²) in [5.41, 5.74) is 10.9. The molecule has 1 aromatic carbocycles. The van der Waals surface area contributed by atoms with E-state index in [0.717, 1.165) is 24.6 Å². The number of hydrogen-bond donors (Lipinski definition) is 1. The van der Waals surface area contributed by atoms with Crippen LogP contribution in [0.3, 0.4) is 0 Å². The monoisotopic (exact) mass is 516 g/mol. The van der Waals surface area contributed by atoms with Gasteiger partial charge >= 0.3 is 0 Å². The SMILES string of the molecule is C=C.C=C1CC(CCCC(C)(CNC)C2=Cc3nc(-c4ccc(C)cc4)cc(C(C)C)c3C2)C1.CC.CC. The number of hydrogen-bond acceptors (Lipinski definition) is 2. The van der Waals surface area contributed by atoms with Crippen LogP contribution in [0.1, 0.15) is 109 Å². The van der Waals surface area contributed by atoms with Gasteiger partial charge in [0.05, 0.1) is 11.4 Å². The van der Waals surface area contributed by atoms with Crippen LogP contribution in [0, 0.1) is 18.3 Å². The van der Waals surface area contributed by atoms with E-state index in [1.165, 1.54) is 65.6 Å². The lowest BCUT2D eigenvalue weighted by Crippen LogP contribution is -2.32. The van der Waals surface area contributed by atoms with Gasteiger partial charge in [0.1, 0.15) is 0 Å². The van der Waals surface area contributed by atoms with E-state index in [2.05, 4.69) is 96.2 Å². The van der Waals surface area contributed by atoms with Crippen molar-refractivity contribution in [3.63, 3.8) is 0 Å². The van der Waals surface area contributed by atoms with Crippen LogP contribution in [-0.4, -0.2) is 18.6 Å². The molecule has 0 amide bonds. The summed E-state index contributed by atoms with van der Waals surface area (Å²) in [5.74, 6) is 1.37. The highest BCUT2D eigenvalue weighted by atomic mass is 14.8. The van der Waals surface area contributed by atoms with Gasteiger partial charge in [-0.15, -0.1) is 13.2 Å². The minimum absolute atomic E-state index is 0.175. The Morgan fingerprint density at radius 3 is 2.18 bits per heavy atom. The smallest absolute Gasteiger partial charge is 0.0712 e. The van der Waals surface area contributed by atoms with E-state index in [0.29, 0.717) is 5.92 Å². The lowest BCUT2D eigenvalue weighted by molar-refractivity contribution is 0.301. The molecule has 38 heavy (non-hydrogen) atoms. The average Bonchev–Trinajstić information content (AvgIpc) is 3.36. The maximum atomic E-state index is 5.15. The van der Waals surface area contributed by atoms with Crippen LogP contribution >= 0.6 is 0 Å². The summed E-state index contributed by atoms with van der Waals surface area (Å²) < 4.78 is 0. The van der Waals surface area contributed by atoms with E-state index in [1.54, 1.807) is 5.57 Å². The molecule has 1 N–H and O–H groups in total. The molecule has 0 aliphatic heterocycles. The Kier molecular flexibility index (Phi) is 14.6. The van der Waals surface area contributed by atoms with Crippen LogP contribution < -0.4 is 5.32 Å². The molecule has 2 heteroatoms. The van der Waals surface area contributed by atoms with Gasteiger partial charge in [-0.2, -0.15) is 0 Å². The van der Waals surface area contributed by atoms with Gasteiger partial charge in [0.25, 0.3) is 0 Å². The first-order valence-corrected chi connectivity index (χ1v) is 14.9. The number of fused-ring (bicyclic) bond motifs is 1. The number of rotatable bonds is 9. The molecule has 1 heterocycles. The number of nitrogens with zero attached hydrogens (tertiary/aromatic N) is 1. The topological polar surface area (TPSA) is 24.9 Å². The second kappa shape index (κ2) is 16.5. The fraction of sp³-hybridized carbons (Fsp3) is 0.528. The van der Waals surface area contributed by atoms with Crippen molar-refractivity contribution in [2.75, 3.05) is 13.6 Å². The van der Waals surface area contributed by atoms with Gasteiger partial charge in [0.15, 0.2) is 0 Å². The molecule has 1 saturated carbocycles. The zero-order valence-corrected chi connectivity index (χ0v) is 26.1. The third-order valence-electron chi connectivity index (χ3n) is 7.68. The normalized spacial score (nSPS) is 15.4. The maximum Gasteiger partial charge on any atom is 0.0712 e. The Labute approximate surface area is 235 Å². The summed E-state index contributed by atoms with van der Waals surface area (Å²) in [6.07, 6.45) is 9.83. The van der Waals surface area contributed by atoms with E-state index in [9.17, 15) is 0 Å². The Morgan fingerprint density at radius 1 is 1.05 bits per heavy atom. The van der Waals surface area contributed by atoms with Crippen molar-refractivity contribution in [3.05, 3.63) is 83.6 Å². The third-order valence-corrected chi connectivity index (χ3v) is 7.68. The predicted octanol–water partition coefficient (Wildman–Crippen LogP) is 10.3. The van der Waals surface area contributed by atoms with Crippen molar-refractivity contribution >= 4 is 6.08 Å². The van der Waals surface area contributed by atoms with Crippen molar-refractivity contribution in [2.24, 2.45) is 11.3 Å². The van der Waals surface area contributed by atoms with Crippen molar-refractivity contribution in [2.45, 2.75) is 99.8 Å². The molecule has 0 radical (unpaired) electrons. The molecule has 0 spiro atoms. The van der Waals surface area contributed by atoms with Crippen LogP contribution in [0.4, 0.5) is 0 Å². The molecular formula is C36H56N2. The molecule has 1 aromatic heterocycles. The van der Waals surface area contributed by atoms with Crippen molar-refractivity contribution in [3.8, 4) is 11.3 Å². The molecule has 4 rings (SSSR count). The van der Waals surface area contributed by atoms with Gasteiger partial charge in [-0.25, -0.2) is 4.98 Å². The second-order valence-corrected chi connectivity index (χ2v) is 10.8. The summed E-state index contributed by atoms with van der Waals surface area (Å²) in [6.45, 7) is 28.3. The average molecular weight is 517 g/mol. The van der Waals surface area contributed by atoms with Gasteiger partial charge < -0.3 is 5.32 Å². The van der Waals surface area contributed by atoms with Gasteiger partial charge in [-0.3, -0.25) is 0 Å². The summed E-state index contributed by atoms with van der Waals surface area (Å²) in [5, 5.41) is 3.49. The van der Waals surface area contributed by atoms with Crippen LogP contribution in [-0.2, 0) is 6.42 Å². The van der Waals surface area contributed by atoms with Gasteiger partial charge in [0, 0.05) is 17.5 Å². The summed E-state index contributed by atoms with van der Waals surface area (Å²) >= 11 is 0. The Balaban J connectivity index is 0.00000112. The summed E-state index contributed by atoms with van der Waals surface area (Å²) in [6, 6.07) is 11.1. The number of pyridine rings is 1. The zero-order chi connectivity index (χ0) is 28.9. The molecular weight excluding hydrogens is 460 g/mol. The lowest BCUT2D eigenvalue weighted by atomic mass is 9.73. The van der Waals surface area contributed by atoms with Crippen LogP contribution in [0.15, 0.2) is 61.2 Å². The Hall–Kier alpha value is -2.45.